The quantitative estimate of drug-likeness (QED) is 0.344. The molecule has 160 valence electrons. The highest BCUT2D eigenvalue weighted by Gasteiger charge is 2.22. The molecule has 1 saturated carbocycles. The van der Waals surface area contributed by atoms with Crippen molar-refractivity contribution in [1.82, 2.24) is 0 Å². The Kier molecular flexibility index (Phi) is 9.49. The third kappa shape index (κ3) is 7.02. The molecule has 0 amide bonds. The first-order valence-corrected chi connectivity index (χ1v) is 12.4. The van der Waals surface area contributed by atoms with Gasteiger partial charge in [0, 0.05) is 0 Å². The van der Waals surface area contributed by atoms with E-state index in [-0.39, 0.29) is 0 Å². The molecule has 3 rings (SSSR count). The number of hydrogen-bond donors (Lipinski definition) is 0. The zero-order valence-corrected chi connectivity index (χ0v) is 18.9. The molecule has 2 aromatic carbocycles. The van der Waals surface area contributed by atoms with Gasteiger partial charge in [0.25, 0.3) is 0 Å². The summed E-state index contributed by atoms with van der Waals surface area (Å²) in [6.07, 6.45) is 18.5. The van der Waals surface area contributed by atoms with Crippen molar-refractivity contribution in [3.05, 3.63) is 59.7 Å². The highest BCUT2D eigenvalue weighted by molar-refractivity contribution is 5.64. The van der Waals surface area contributed by atoms with Crippen LogP contribution in [0.3, 0.4) is 0 Å². The third-order valence-corrected chi connectivity index (χ3v) is 7.04. The molecule has 0 bridgehead atoms. The summed E-state index contributed by atoms with van der Waals surface area (Å²) in [4.78, 5) is 0. The van der Waals surface area contributed by atoms with Crippen LogP contribution in [-0.4, -0.2) is 0 Å². The second kappa shape index (κ2) is 12.6. The van der Waals surface area contributed by atoms with E-state index in [0.717, 1.165) is 17.4 Å². The van der Waals surface area contributed by atoms with Gasteiger partial charge in [0.2, 0.25) is 0 Å². The topological polar surface area (TPSA) is 23.8 Å². The van der Waals surface area contributed by atoms with E-state index < -0.39 is 0 Å². The van der Waals surface area contributed by atoms with Gasteiger partial charge in [0.15, 0.2) is 0 Å². The van der Waals surface area contributed by atoms with Crippen molar-refractivity contribution < 1.29 is 0 Å². The maximum absolute atomic E-state index is 8.96. The molecule has 0 radical (unpaired) electrons. The first kappa shape index (κ1) is 22.6. The number of nitriles is 1. The molecule has 0 atom stereocenters. The van der Waals surface area contributed by atoms with E-state index in [1.165, 1.54) is 100 Å². The van der Waals surface area contributed by atoms with E-state index in [9.17, 15) is 0 Å². The molecule has 1 aliphatic carbocycles. The van der Waals surface area contributed by atoms with Crippen LogP contribution >= 0.6 is 0 Å². The van der Waals surface area contributed by atoms with Crippen LogP contribution in [0, 0.1) is 17.2 Å². The Hall–Kier alpha value is -2.07. The molecule has 2 aromatic rings. The summed E-state index contributed by atoms with van der Waals surface area (Å²) in [5.41, 5.74) is 4.67. The fourth-order valence-corrected chi connectivity index (χ4v) is 5.04. The van der Waals surface area contributed by atoms with E-state index >= 15 is 0 Å². The minimum Gasteiger partial charge on any atom is -0.192 e. The van der Waals surface area contributed by atoms with Crippen LogP contribution in [0.2, 0.25) is 0 Å². The first-order valence-electron chi connectivity index (χ1n) is 12.4. The van der Waals surface area contributed by atoms with Crippen LogP contribution in [0.4, 0.5) is 0 Å². The van der Waals surface area contributed by atoms with Crippen molar-refractivity contribution in [1.29, 1.82) is 5.26 Å². The number of rotatable bonds is 11. The molecule has 0 N–H and O–H groups in total. The van der Waals surface area contributed by atoms with E-state index in [1.807, 2.05) is 24.3 Å². The molecule has 1 heteroatoms. The normalized spacial score (nSPS) is 18.8. The molecule has 0 aromatic heterocycles. The van der Waals surface area contributed by atoms with Gasteiger partial charge in [0.1, 0.15) is 0 Å². The summed E-state index contributed by atoms with van der Waals surface area (Å²) >= 11 is 0. The molecule has 1 nitrogen and oxygen atoms in total. The first-order chi connectivity index (χ1) is 14.8. The van der Waals surface area contributed by atoms with Crippen molar-refractivity contribution in [3.63, 3.8) is 0 Å². The van der Waals surface area contributed by atoms with Gasteiger partial charge in [-0.05, 0) is 66.3 Å². The van der Waals surface area contributed by atoms with Gasteiger partial charge in [-0.2, -0.15) is 5.26 Å². The molecule has 1 aliphatic rings. The van der Waals surface area contributed by atoms with E-state index in [1.54, 1.807) is 0 Å². The fraction of sp³-hybridized carbons (Fsp3) is 0.552. The molecule has 0 saturated heterocycles. The molecule has 0 aliphatic heterocycles. The third-order valence-electron chi connectivity index (χ3n) is 7.04. The molecule has 0 spiro atoms. The van der Waals surface area contributed by atoms with E-state index in [2.05, 4.69) is 37.3 Å². The van der Waals surface area contributed by atoms with Gasteiger partial charge in [0.05, 0.1) is 11.6 Å². The van der Waals surface area contributed by atoms with Crippen LogP contribution in [-0.2, 0) is 0 Å². The Balaban J connectivity index is 1.36. The summed E-state index contributed by atoms with van der Waals surface area (Å²) in [5, 5.41) is 8.96. The van der Waals surface area contributed by atoms with E-state index in [4.69, 9.17) is 5.26 Å². The van der Waals surface area contributed by atoms with Crippen LogP contribution in [0.5, 0.6) is 0 Å². The second-order valence-corrected chi connectivity index (χ2v) is 9.29. The van der Waals surface area contributed by atoms with Gasteiger partial charge in [-0.15, -0.1) is 0 Å². The molecule has 0 unspecified atom stereocenters. The standard InChI is InChI=1S/C29H39N/c1-2-3-4-5-6-7-8-9-10-24-11-15-26(16-12-24)28-19-21-29(22-20-28)27-17-13-25(23-30)14-18-27/h13-14,17-22,24,26H,2-12,15-16H2,1H3. The minimum absolute atomic E-state index is 0.721. The highest BCUT2D eigenvalue weighted by Crippen LogP contribution is 2.38. The Morgan fingerprint density at radius 3 is 1.80 bits per heavy atom. The van der Waals surface area contributed by atoms with Crippen molar-refractivity contribution >= 4 is 0 Å². The van der Waals surface area contributed by atoms with Gasteiger partial charge in [-0.25, -0.2) is 0 Å². The lowest BCUT2D eigenvalue weighted by Crippen LogP contribution is -2.13. The lowest BCUT2D eigenvalue weighted by atomic mass is 9.77. The molecule has 1 fully saturated rings. The maximum atomic E-state index is 8.96. The second-order valence-electron chi connectivity index (χ2n) is 9.29. The Bertz CT molecular complexity index is 758. The Morgan fingerprint density at radius 2 is 1.23 bits per heavy atom. The summed E-state index contributed by atoms with van der Waals surface area (Å²) in [5.74, 6) is 1.72. The number of benzene rings is 2. The van der Waals surface area contributed by atoms with Crippen LogP contribution in [0.1, 0.15) is 107 Å². The number of hydrogen-bond acceptors (Lipinski definition) is 1. The predicted octanol–water partition coefficient (Wildman–Crippen LogP) is 9.03. The SMILES string of the molecule is CCCCCCCCCCC1CCC(c2ccc(-c3ccc(C#N)cc3)cc2)CC1. The fourth-order valence-electron chi connectivity index (χ4n) is 5.04. The lowest BCUT2D eigenvalue weighted by molar-refractivity contribution is 0.302. The van der Waals surface area contributed by atoms with Crippen molar-refractivity contribution in [2.24, 2.45) is 5.92 Å². The van der Waals surface area contributed by atoms with Crippen LogP contribution < -0.4 is 0 Å². The zero-order valence-electron chi connectivity index (χ0n) is 18.9. The smallest absolute Gasteiger partial charge is 0.0991 e. The number of nitrogens with zero attached hydrogens (tertiary/aromatic N) is 1. The summed E-state index contributed by atoms with van der Waals surface area (Å²) in [7, 11) is 0. The van der Waals surface area contributed by atoms with E-state index in [0.29, 0.717) is 0 Å². The lowest BCUT2D eigenvalue weighted by Gasteiger charge is -2.29. The van der Waals surface area contributed by atoms with Gasteiger partial charge in [-0.3, -0.25) is 0 Å². The van der Waals surface area contributed by atoms with Crippen LogP contribution in [0.15, 0.2) is 48.5 Å². The molecular formula is C29H39N. The summed E-state index contributed by atoms with van der Waals surface area (Å²) < 4.78 is 0. The average Bonchev–Trinajstić information content (AvgIpc) is 2.81. The predicted molar refractivity (Wildman–Crippen MR) is 129 cm³/mol. The van der Waals surface area contributed by atoms with Gasteiger partial charge >= 0.3 is 0 Å². The van der Waals surface area contributed by atoms with Crippen molar-refractivity contribution in [3.8, 4) is 17.2 Å². The van der Waals surface area contributed by atoms with Gasteiger partial charge in [-0.1, -0.05) is 101 Å². The molecule has 30 heavy (non-hydrogen) atoms. The minimum atomic E-state index is 0.721. The van der Waals surface area contributed by atoms with Crippen LogP contribution in [0.25, 0.3) is 11.1 Å². The monoisotopic (exact) mass is 401 g/mol. The van der Waals surface area contributed by atoms with Crippen molar-refractivity contribution in [2.75, 3.05) is 0 Å². The molecule has 0 heterocycles. The highest BCUT2D eigenvalue weighted by atomic mass is 14.3. The van der Waals surface area contributed by atoms with Gasteiger partial charge < -0.3 is 0 Å². The maximum Gasteiger partial charge on any atom is 0.0991 e. The largest absolute Gasteiger partial charge is 0.192 e. The zero-order chi connectivity index (χ0) is 21.0. The molecular weight excluding hydrogens is 362 g/mol. The average molecular weight is 402 g/mol. The number of unbranched alkanes of at least 4 members (excludes halogenated alkanes) is 7. The summed E-state index contributed by atoms with van der Waals surface area (Å²) in [6, 6.07) is 19.2. The Labute approximate surface area is 184 Å². The van der Waals surface area contributed by atoms with Crippen molar-refractivity contribution in [2.45, 2.75) is 96.3 Å². The Morgan fingerprint density at radius 1 is 0.700 bits per heavy atom. The summed E-state index contributed by atoms with van der Waals surface area (Å²) in [6.45, 7) is 2.29.